The second-order valence-corrected chi connectivity index (χ2v) is 3.69. The number of benzene rings is 1. The smallest absolute Gasteiger partial charge is 0.348 e. The Bertz CT molecular complexity index is 506. The van der Waals surface area contributed by atoms with Crippen molar-refractivity contribution >= 4 is 11.7 Å². The van der Waals surface area contributed by atoms with Crippen LogP contribution >= 0.6 is 0 Å². The number of nitrogens with zero attached hydrogens (tertiary/aromatic N) is 1. The van der Waals surface area contributed by atoms with Crippen LogP contribution in [0.25, 0.3) is 0 Å². The van der Waals surface area contributed by atoms with Gasteiger partial charge in [-0.25, -0.2) is 9.18 Å². The van der Waals surface area contributed by atoms with Crippen molar-refractivity contribution in [1.29, 1.82) is 0 Å². The Hall–Kier alpha value is -2.22. The molecule has 0 aromatic heterocycles. The van der Waals surface area contributed by atoms with E-state index in [-0.39, 0.29) is 23.5 Å². The lowest BCUT2D eigenvalue weighted by molar-refractivity contribution is -0.385. The average Bonchev–Trinajstić information content (AvgIpc) is 2.37. The quantitative estimate of drug-likeness (QED) is 0.485. The van der Waals surface area contributed by atoms with Gasteiger partial charge in [0, 0.05) is 12.1 Å². The van der Waals surface area contributed by atoms with Gasteiger partial charge in [-0.2, -0.15) is 0 Å². The summed E-state index contributed by atoms with van der Waals surface area (Å²) in [6.45, 7) is 1.22. The van der Waals surface area contributed by atoms with Crippen molar-refractivity contribution in [1.82, 2.24) is 0 Å². The predicted molar refractivity (Wildman–Crippen MR) is 63.3 cm³/mol. The minimum absolute atomic E-state index is 0.206. The zero-order chi connectivity index (χ0) is 14.6. The van der Waals surface area contributed by atoms with E-state index >= 15 is 0 Å². The molecule has 1 atom stereocenters. The van der Waals surface area contributed by atoms with Crippen molar-refractivity contribution in [3.63, 3.8) is 0 Å². The third-order valence-corrected chi connectivity index (χ3v) is 2.39. The second kappa shape index (κ2) is 6.10. The van der Waals surface area contributed by atoms with E-state index < -0.39 is 22.8 Å². The number of aryl methyl sites for hydroxylation is 1. The van der Waals surface area contributed by atoms with Gasteiger partial charge in [0.15, 0.2) is 11.6 Å². The van der Waals surface area contributed by atoms with Gasteiger partial charge in [0.1, 0.15) is 0 Å². The number of ether oxygens (including phenoxy) is 2. The third-order valence-electron chi connectivity index (χ3n) is 2.39. The number of halogens is 1. The molecule has 0 bridgehead atoms. The fraction of sp³-hybridized carbons (Fsp3) is 0.364. The lowest BCUT2D eigenvalue weighted by Crippen LogP contribution is -2.36. The predicted octanol–water partition coefficient (Wildman–Crippen LogP) is 0.921. The molecule has 8 heteroatoms. The molecule has 0 aliphatic carbocycles. The van der Waals surface area contributed by atoms with Crippen molar-refractivity contribution in [2.45, 2.75) is 13.0 Å². The summed E-state index contributed by atoms with van der Waals surface area (Å²) in [5.74, 6) is -1.98. The van der Waals surface area contributed by atoms with Crippen LogP contribution in [0.2, 0.25) is 0 Å². The van der Waals surface area contributed by atoms with Crippen LogP contribution in [0.15, 0.2) is 12.1 Å². The summed E-state index contributed by atoms with van der Waals surface area (Å²) in [7, 11) is 1.14. The zero-order valence-electron chi connectivity index (χ0n) is 10.4. The van der Waals surface area contributed by atoms with Gasteiger partial charge >= 0.3 is 5.97 Å². The van der Waals surface area contributed by atoms with Crippen molar-refractivity contribution < 1.29 is 23.6 Å². The van der Waals surface area contributed by atoms with E-state index in [4.69, 9.17) is 10.5 Å². The Kier molecular flexibility index (Phi) is 4.76. The van der Waals surface area contributed by atoms with Crippen molar-refractivity contribution in [2.24, 2.45) is 5.73 Å². The highest BCUT2D eigenvalue weighted by Crippen LogP contribution is 2.27. The second-order valence-electron chi connectivity index (χ2n) is 3.69. The molecule has 0 fully saturated rings. The first kappa shape index (κ1) is 14.8. The van der Waals surface area contributed by atoms with Gasteiger partial charge in [0.2, 0.25) is 6.10 Å². The summed E-state index contributed by atoms with van der Waals surface area (Å²) >= 11 is 0. The molecule has 1 aromatic rings. The van der Waals surface area contributed by atoms with E-state index in [1.807, 2.05) is 0 Å². The first-order chi connectivity index (χ1) is 8.90. The van der Waals surface area contributed by atoms with Crippen LogP contribution in [0.4, 0.5) is 10.1 Å². The van der Waals surface area contributed by atoms with Gasteiger partial charge in [0.05, 0.1) is 18.1 Å². The number of nitrogens with two attached hydrogens (primary N) is 1. The highest BCUT2D eigenvalue weighted by Gasteiger charge is 2.23. The Balaban J connectivity index is 3.05. The monoisotopic (exact) mass is 272 g/mol. The number of methoxy groups -OCH3 is 1. The van der Waals surface area contributed by atoms with Crippen LogP contribution in [0.1, 0.15) is 5.56 Å². The zero-order valence-corrected chi connectivity index (χ0v) is 10.4. The standard InChI is InChI=1S/C11H13FN2O5/c1-6-3-9(7(12)4-8(6)14(16)17)19-10(5-13)11(15)18-2/h3-4,10H,5,13H2,1-2H3. The first-order valence-electron chi connectivity index (χ1n) is 5.29. The van der Waals surface area contributed by atoms with Gasteiger partial charge < -0.3 is 15.2 Å². The minimum atomic E-state index is -1.17. The van der Waals surface area contributed by atoms with Crippen LogP contribution in [0, 0.1) is 22.9 Å². The molecule has 0 amide bonds. The number of carbonyl (C=O) groups is 1. The molecule has 0 saturated heterocycles. The van der Waals surface area contributed by atoms with E-state index in [2.05, 4.69) is 4.74 Å². The summed E-state index contributed by atoms with van der Waals surface area (Å²) in [6, 6.07) is 1.87. The maximum absolute atomic E-state index is 13.6. The molecule has 1 unspecified atom stereocenters. The first-order valence-corrected chi connectivity index (χ1v) is 5.29. The van der Waals surface area contributed by atoms with E-state index in [1.54, 1.807) is 0 Å². The topological polar surface area (TPSA) is 105 Å². The number of nitro groups is 1. The molecule has 0 saturated carbocycles. The van der Waals surface area contributed by atoms with Crippen molar-refractivity contribution in [3.8, 4) is 5.75 Å². The molecule has 1 aromatic carbocycles. The fourth-order valence-corrected chi connectivity index (χ4v) is 1.41. The van der Waals surface area contributed by atoms with Gasteiger partial charge in [-0.15, -0.1) is 0 Å². The van der Waals surface area contributed by atoms with Crippen LogP contribution < -0.4 is 10.5 Å². The van der Waals surface area contributed by atoms with Crippen LogP contribution in [0.3, 0.4) is 0 Å². The summed E-state index contributed by atoms with van der Waals surface area (Å²) < 4.78 is 23.1. The number of esters is 1. The number of rotatable bonds is 5. The third kappa shape index (κ3) is 3.38. The van der Waals surface area contributed by atoms with Crippen LogP contribution in [-0.2, 0) is 9.53 Å². The molecule has 7 nitrogen and oxygen atoms in total. The molecular weight excluding hydrogens is 259 g/mol. The van der Waals surface area contributed by atoms with E-state index in [0.717, 1.165) is 19.2 Å². The SMILES string of the molecule is COC(=O)C(CN)Oc1cc(C)c([N+](=O)[O-])cc1F. The largest absolute Gasteiger partial charge is 0.474 e. The number of nitro benzene ring substituents is 1. The fourth-order valence-electron chi connectivity index (χ4n) is 1.41. The molecule has 2 N–H and O–H groups in total. The van der Waals surface area contributed by atoms with Crippen LogP contribution in [-0.4, -0.2) is 30.7 Å². The molecule has 0 aliphatic heterocycles. The minimum Gasteiger partial charge on any atom is -0.474 e. The molecule has 0 aliphatic rings. The van der Waals surface area contributed by atoms with E-state index in [1.165, 1.54) is 6.92 Å². The summed E-state index contributed by atoms with van der Waals surface area (Å²) in [6.07, 6.45) is -1.17. The lowest BCUT2D eigenvalue weighted by atomic mass is 10.2. The molecule has 104 valence electrons. The Morgan fingerprint density at radius 1 is 1.58 bits per heavy atom. The lowest BCUT2D eigenvalue weighted by Gasteiger charge is -2.15. The highest BCUT2D eigenvalue weighted by molar-refractivity contribution is 5.75. The van der Waals surface area contributed by atoms with Gasteiger partial charge in [-0.1, -0.05) is 0 Å². The normalized spacial score (nSPS) is 11.8. The van der Waals surface area contributed by atoms with Gasteiger partial charge in [-0.05, 0) is 13.0 Å². The maximum Gasteiger partial charge on any atom is 0.348 e. The maximum atomic E-state index is 13.6. The molecule has 0 radical (unpaired) electrons. The van der Waals surface area contributed by atoms with Crippen LogP contribution in [0.5, 0.6) is 5.75 Å². The Morgan fingerprint density at radius 2 is 2.21 bits per heavy atom. The Labute approximate surface area is 108 Å². The van der Waals surface area contributed by atoms with Gasteiger partial charge in [0.25, 0.3) is 5.69 Å². The summed E-state index contributed by atoms with van der Waals surface area (Å²) in [4.78, 5) is 21.2. The molecule has 19 heavy (non-hydrogen) atoms. The molecule has 1 rings (SSSR count). The molecular formula is C11H13FN2O5. The highest BCUT2D eigenvalue weighted by atomic mass is 19.1. The number of carbonyl (C=O) groups excluding carboxylic acids is 1. The van der Waals surface area contributed by atoms with E-state index in [0.29, 0.717) is 0 Å². The molecule has 0 spiro atoms. The Morgan fingerprint density at radius 3 is 2.68 bits per heavy atom. The van der Waals surface area contributed by atoms with E-state index in [9.17, 15) is 19.3 Å². The van der Waals surface area contributed by atoms with Crippen molar-refractivity contribution in [3.05, 3.63) is 33.6 Å². The van der Waals surface area contributed by atoms with Gasteiger partial charge in [-0.3, -0.25) is 10.1 Å². The molecule has 0 heterocycles. The average molecular weight is 272 g/mol. The summed E-state index contributed by atoms with van der Waals surface area (Å²) in [5.41, 5.74) is 5.15. The number of hydrogen-bond donors (Lipinski definition) is 1. The summed E-state index contributed by atoms with van der Waals surface area (Å²) in [5, 5.41) is 10.6. The van der Waals surface area contributed by atoms with Crippen molar-refractivity contribution in [2.75, 3.05) is 13.7 Å². The number of hydrogen-bond acceptors (Lipinski definition) is 6.